The number of carbonyl (C=O) groups excluding carboxylic acids is 1. The third kappa shape index (κ3) is 3.44. The van der Waals surface area contributed by atoms with Gasteiger partial charge in [0.1, 0.15) is 0 Å². The number of hydrogen-bond acceptors (Lipinski definition) is 2. The highest BCUT2D eigenvalue weighted by Gasteiger charge is 2.36. The number of carbonyl (C=O) groups is 1. The molecule has 2 saturated carbocycles. The minimum absolute atomic E-state index is 0.177. The Kier molecular flexibility index (Phi) is 4.88. The Morgan fingerprint density at radius 2 is 1.81 bits per heavy atom. The first kappa shape index (κ1) is 15.3. The smallest absolute Gasteiger partial charge is 0.225 e. The van der Waals surface area contributed by atoms with E-state index in [1.165, 1.54) is 44.9 Å². The molecule has 0 spiro atoms. The van der Waals surface area contributed by atoms with Crippen molar-refractivity contribution in [2.45, 2.75) is 70.8 Å². The number of likely N-dealkylation sites (tertiary alicyclic amines) is 1. The maximum absolute atomic E-state index is 12.9. The van der Waals surface area contributed by atoms with Gasteiger partial charge in [0.05, 0.1) is 0 Å². The molecule has 1 saturated heterocycles. The number of nitrogens with zero attached hydrogens (tertiary/aromatic N) is 1. The Balaban J connectivity index is 1.57. The van der Waals surface area contributed by atoms with E-state index in [0.717, 1.165) is 37.8 Å². The maximum atomic E-state index is 12.9. The van der Waals surface area contributed by atoms with Gasteiger partial charge >= 0.3 is 0 Å². The first-order valence-electron chi connectivity index (χ1n) is 9.19. The Morgan fingerprint density at radius 3 is 2.57 bits per heavy atom. The molecule has 3 fully saturated rings. The van der Waals surface area contributed by atoms with Gasteiger partial charge < -0.3 is 10.6 Å². The molecule has 5 atom stereocenters. The van der Waals surface area contributed by atoms with Crippen LogP contribution in [0.2, 0.25) is 0 Å². The topological polar surface area (TPSA) is 46.3 Å². The average Bonchev–Trinajstić information content (AvgIpc) is 2.53. The Labute approximate surface area is 129 Å². The molecule has 3 rings (SSSR count). The zero-order chi connectivity index (χ0) is 14.8. The van der Waals surface area contributed by atoms with Gasteiger partial charge in [-0.15, -0.1) is 0 Å². The van der Waals surface area contributed by atoms with Crippen LogP contribution in [-0.4, -0.2) is 29.9 Å². The predicted octanol–water partition coefficient (Wildman–Crippen LogP) is 3.18. The van der Waals surface area contributed by atoms with Crippen molar-refractivity contribution >= 4 is 5.91 Å². The monoisotopic (exact) mass is 292 g/mol. The fraction of sp³-hybridized carbons (Fsp3) is 0.944. The van der Waals surface area contributed by atoms with Crippen LogP contribution < -0.4 is 5.73 Å². The van der Waals surface area contributed by atoms with E-state index < -0.39 is 0 Å². The highest BCUT2D eigenvalue weighted by molar-refractivity contribution is 5.79. The summed E-state index contributed by atoms with van der Waals surface area (Å²) >= 11 is 0. The Hall–Kier alpha value is -0.570. The fourth-order valence-corrected chi connectivity index (χ4v) is 5.01. The summed E-state index contributed by atoms with van der Waals surface area (Å²) in [6.45, 7) is 4.19. The van der Waals surface area contributed by atoms with E-state index in [-0.39, 0.29) is 5.92 Å². The zero-order valence-corrected chi connectivity index (χ0v) is 13.6. The van der Waals surface area contributed by atoms with Crippen LogP contribution in [0.15, 0.2) is 0 Å². The van der Waals surface area contributed by atoms with Crippen LogP contribution in [0.25, 0.3) is 0 Å². The van der Waals surface area contributed by atoms with Crippen LogP contribution in [0.4, 0.5) is 0 Å². The van der Waals surface area contributed by atoms with Crippen LogP contribution in [0.5, 0.6) is 0 Å². The van der Waals surface area contributed by atoms with E-state index in [0.29, 0.717) is 17.9 Å². The number of piperidine rings is 1. The van der Waals surface area contributed by atoms with E-state index in [9.17, 15) is 4.79 Å². The van der Waals surface area contributed by atoms with Crippen LogP contribution in [0.3, 0.4) is 0 Å². The quantitative estimate of drug-likeness (QED) is 0.849. The molecule has 3 nitrogen and oxygen atoms in total. The molecule has 21 heavy (non-hydrogen) atoms. The van der Waals surface area contributed by atoms with Crippen LogP contribution in [0.1, 0.15) is 64.7 Å². The summed E-state index contributed by atoms with van der Waals surface area (Å²) in [6.07, 6.45) is 11.4. The lowest BCUT2D eigenvalue weighted by atomic mass is 9.74. The molecular weight excluding hydrogens is 260 g/mol. The van der Waals surface area contributed by atoms with Gasteiger partial charge in [-0.2, -0.15) is 0 Å². The van der Waals surface area contributed by atoms with Crippen molar-refractivity contribution < 1.29 is 4.79 Å². The van der Waals surface area contributed by atoms with Crippen LogP contribution >= 0.6 is 0 Å². The molecule has 5 unspecified atom stereocenters. The van der Waals surface area contributed by atoms with Crippen molar-refractivity contribution in [3.8, 4) is 0 Å². The molecule has 3 aliphatic rings. The van der Waals surface area contributed by atoms with Crippen molar-refractivity contribution in [2.24, 2.45) is 29.4 Å². The SMILES string of the molecule is CC(C(=O)N1CCC2CCCCC2C1)C1CCCC(N)C1. The minimum atomic E-state index is 0.177. The summed E-state index contributed by atoms with van der Waals surface area (Å²) in [4.78, 5) is 15.1. The first-order valence-corrected chi connectivity index (χ1v) is 9.19. The predicted molar refractivity (Wildman–Crippen MR) is 85.7 cm³/mol. The molecule has 1 amide bonds. The van der Waals surface area contributed by atoms with Crippen molar-refractivity contribution in [1.82, 2.24) is 4.90 Å². The summed E-state index contributed by atoms with van der Waals surface area (Å²) in [5.41, 5.74) is 6.10. The van der Waals surface area contributed by atoms with Crippen molar-refractivity contribution in [3.63, 3.8) is 0 Å². The second-order valence-electron chi connectivity index (χ2n) is 7.85. The van der Waals surface area contributed by atoms with Gasteiger partial charge in [-0.05, 0) is 49.9 Å². The standard InChI is InChI=1S/C18H32N2O/c1-13(15-7-4-8-17(19)11-15)18(21)20-10-9-14-5-2-3-6-16(14)12-20/h13-17H,2-12,19H2,1H3. The lowest BCUT2D eigenvalue weighted by Crippen LogP contribution is -2.48. The fourth-order valence-electron chi connectivity index (χ4n) is 5.01. The normalized spacial score (nSPS) is 38.7. The second-order valence-corrected chi connectivity index (χ2v) is 7.85. The number of nitrogens with two attached hydrogens (primary N) is 1. The number of fused-ring (bicyclic) bond motifs is 1. The molecule has 0 aromatic carbocycles. The van der Waals surface area contributed by atoms with Crippen molar-refractivity contribution in [2.75, 3.05) is 13.1 Å². The third-order valence-electron chi connectivity index (χ3n) is 6.45. The molecule has 0 radical (unpaired) electrons. The molecule has 1 heterocycles. The molecule has 0 bridgehead atoms. The molecule has 0 aromatic heterocycles. The Morgan fingerprint density at radius 1 is 1.05 bits per heavy atom. The summed E-state index contributed by atoms with van der Waals surface area (Å²) in [6, 6.07) is 0.322. The molecule has 3 heteroatoms. The molecule has 0 aromatic rings. The number of rotatable bonds is 2. The molecular formula is C18H32N2O. The lowest BCUT2D eigenvalue weighted by molar-refractivity contribution is -0.140. The largest absolute Gasteiger partial charge is 0.342 e. The molecule has 1 aliphatic heterocycles. The van der Waals surface area contributed by atoms with E-state index >= 15 is 0 Å². The maximum Gasteiger partial charge on any atom is 0.225 e. The van der Waals surface area contributed by atoms with E-state index in [1.807, 2.05) is 0 Å². The van der Waals surface area contributed by atoms with E-state index in [1.54, 1.807) is 0 Å². The lowest BCUT2D eigenvalue weighted by Gasteiger charge is -2.43. The van der Waals surface area contributed by atoms with Gasteiger partial charge in [0.2, 0.25) is 5.91 Å². The third-order valence-corrected chi connectivity index (χ3v) is 6.45. The molecule has 2 N–H and O–H groups in total. The number of amides is 1. The van der Waals surface area contributed by atoms with Crippen LogP contribution in [0, 0.1) is 23.7 Å². The van der Waals surface area contributed by atoms with Gasteiger partial charge in [-0.1, -0.05) is 32.6 Å². The van der Waals surface area contributed by atoms with E-state index in [2.05, 4.69) is 11.8 Å². The molecule has 120 valence electrons. The van der Waals surface area contributed by atoms with E-state index in [4.69, 9.17) is 5.73 Å². The zero-order valence-electron chi connectivity index (χ0n) is 13.6. The van der Waals surface area contributed by atoms with Gasteiger partial charge in [0.15, 0.2) is 0 Å². The first-order chi connectivity index (χ1) is 10.1. The van der Waals surface area contributed by atoms with Gasteiger partial charge in [-0.25, -0.2) is 0 Å². The van der Waals surface area contributed by atoms with Crippen LogP contribution in [-0.2, 0) is 4.79 Å². The van der Waals surface area contributed by atoms with Crippen molar-refractivity contribution in [3.05, 3.63) is 0 Å². The van der Waals surface area contributed by atoms with Gasteiger partial charge in [-0.3, -0.25) is 4.79 Å². The highest BCUT2D eigenvalue weighted by atomic mass is 16.2. The summed E-state index contributed by atoms with van der Waals surface area (Å²) < 4.78 is 0. The summed E-state index contributed by atoms with van der Waals surface area (Å²) in [5.74, 6) is 2.80. The average molecular weight is 292 g/mol. The Bertz CT molecular complexity index is 370. The second kappa shape index (κ2) is 6.68. The minimum Gasteiger partial charge on any atom is -0.342 e. The summed E-state index contributed by atoms with van der Waals surface area (Å²) in [7, 11) is 0. The van der Waals surface area contributed by atoms with Crippen molar-refractivity contribution in [1.29, 1.82) is 0 Å². The summed E-state index contributed by atoms with van der Waals surface area (Å²) in [5, 5.41) is 0. The van der Waals surface area contributed by atoms with Gasteiger partial charge in [0, 0.05) is 25.0 Å². The highest BCUT2D eigenvalue weighted by Crippen LogP contribution is 2.37. The number of hydrogen-bond donors (Lipinski definition) is 1. The van der Waals surface area contributed by atoms with Gasteiger partial charge in [0.25, 0.3) is 0 Å². The molecule has 2 aliphatic carbocycles.